The molecule has 0 bridgehead atoms. The zero-order valence-corrected chi connectivity index (χ0v) is 7.59. The van der Waals surface area contributed by atoms with Crippen LogP contribution in [0.3, 0.4) is 0 Å². The van der Waals surface area contributed by atoms with Gasteiger partial charge in [-0.3, -0.25) is 4.90 Å². The Morgan fingerprint density at radius 3 is 1.90 bits per heavy atom. The minimum absolute atomic E-state index is 0.294. The molecule has 0 amide bonds. The largest absolute Gasteiger partial charge is 0.327 e. The molecule has 0 aromatic carbocycles. The van der Waals surface area contributed by atoms with E-state index >= 15 is 0 Å². The first kappa shape index (κ1) is 9.92. The van der Waals surface area contributed by atoms with E-state index in [1.807, 2.05) is 6.92 Å². The molecule has 0 aliphatic carbocycles. The summed E-state index contributed by atoms with van der Waals surface area (Å²) in [6.45, 7) is 10.7. The van der Waals surface area contributed by atoms with E-state index in [9.17, 15) is 0 Å². The molecule has 1 unspecified atom stereocenters. The van der Waals surface area contributed by atoms with Crippen LogP contribution in [-0.4, -0.2) is 30.1 Å². The van der Waals surface area contributed by atoms with Crippen molar-refractivity contribution >= 4 is 0 Å². The van der Waals surface area contributed by atoms with Gasteiger partial charge in [-0.25, -0.2) is 0 Å². The first-order chi connectivity index (χ1) is 4.57. The zero-order chi connectivity index (χ0) is 8.15. The molecule has 0 saturated heterocycles. The summed E-state index contributed by atoms with van der Waals surface area (Å²) in [5.41, 5.74) is 5.66. The Hall–Kier alpha value is -0.0800. The number of hydrogen-bond donors (Lipinski definition) is 1. The molecule has 2 heteroatoms. The molecular formula is C8H20N2. The van der Waals surface area contributed by atoms with Gasteiger partial charge in [0.25, 0.3) is 0 Å². The van der Waals surface area contributed by atoms with Gasteiger partial charge in [0, 0.05) is 18.6 Å². The van der Waals surface area contributed by atoms with E-state index in [0.717, 1.165) is 13.1 Å². The van der Waals surface area contributed by atoms with Crippen LogP contribution in [0.4, 0.5) is 0 Å². The summed E-state index contributed by atoms with van der Waals surface area (Å²) < 4.78 is 0. The summed E-state index contributed by atoms with van der Waals surface area (Å²) >= 11 is 0. The van der Waals surface area contributed by atoms with E-state index in [2.05, 4.69) is 25.7 Å². The topological polar surface area (TPSA) is 29.3 Å². The normalized spacial score (nSPS) is 14.7. The molecule has 62 valence electrons. The van der Waals surface area contributed by atoms with Crippen molar-refractivity contribution < 1.29 is 0 Å². The second-order valence-corrected chi connectivity index (χ2v) is 3.16. The zero-order valence-electron chi connectivity index (χ0n) is 7.59. The van der Waals surface area contributed by atoms with Crippen LogP contribution in [0.25, 0.3) is 0 Å². The van der Waals surface area contributed by atoms with Gasteiger partial charge in [-0.2, -0.15) is 0 Å². The fourth-order valence-electron chi connectivity index (χ4n) is 1.07. The van der Waals surface area contributed by atoms with Crippen molar-refractivity contribution in [2.75, 3.05) is 13.1 Å². The summed E-state index contributed by atoms with van der Waals surface area (Å²) in [6, 6.07) is 0.915. The average molecular weight is 144 g/mol. The van der Waals surface area contributed by atoms with Crippen LogP contribution in [0.5, 0.6) is 0 Å². The monoisotopic (exact) mass is 144 g/mol. The Morgan fingerprint density at radius 2 is 1.80 bits per heavy atom. The first-order valence-electron chi connectivity index (χ1n) is 4.07. The number of likely N-dealkylation sites (N-methyl/N-ethyl adjacent to an activating group) is 1. The molecule has 10 heavy (non-hydrogen) atoms. The lowest BCUT2D eigenvalue weighted by Gasteiger charge is -2.26. The maximum Gasteiger partial charge on any atom is 0.0139 e. The molecule has 0 rings (SSSR count). The van der Waals surface area contributed by atoms with Crippen molar-refractivity contribution in [2.45, 2.75) is 39.8 Å². The third-order valence-corrected chi connectivity index (χ3v) is 1.66. The predicted molar refractivity (Wildman–Crippen MR) is 46.0 cm³/mol. The van der Waals surface area contributed by atoms with E-state index in [-0.39, 0.29) is 0 Å². The second-order valence-electron chi connectivity index (χ2n) is 3.16. The summed E-state index contributed by atoms with van der Waals surface area (Å²) in [5.74, 6) is 0. The highest BCUT2D eigenvalue weighted by molar-refractivity contribution is 4.65. The van der Waals surface area contributed by atoms with Crippen LogP contribution in [0.15, 0.2) is 0 Å². The van der Waals surface area contributed by atoms with Crippen molar-refractivity contribution in [2.24, 2.45) is 5.73 Å². The van der Waals surface area contributed by atoms with Crippen molar-refractivity contribution in [3.8, 4) is 0 Å². The lowest BCUT2D eigenvalue weighted by atomic mass is 10.2. The molecule has 0 spiro atoms. The van der Waals surface area contributed by atoms with Crippen molar-refractivity contribution in [3.05, 3.63) is 0 Å². The molecule has 2 N–H and O–H groups in total. The summed E-state index contributed by atoms with van der Waals surface area (Å²) in [4.78, 5) is 2.37. The summed E-state index contributed by atoms with van der Waals surface area (Å²) in [7, 11) is 0. The minimum atomic E-state index is 0.294. The molecular weight excluding hydrogens is 124 g/mol. The van der Waals surface area contributed by atoms with Gasteiger partial charge in [-0.15, -0.1) is 0 Å². The number of nitrogens with zero attached hydrogens (tertiary/aromatic N) is 1. The van der Waals surface area contributed by atoms with E-state index in [0.29, 0.717) is 12.1 Å². The van der Waals surface area contributed by atoms with Gasteiger partial charge in [-0.05, 0) is 27.3 Å². The van der Waals surface area contributed by atoms with E-state index < -0.39 is 0 Å². The molecule has 0 radical (unpaired) electrons. The van der Waals surface area contributed by atoms with Crippen LogP contribution in [-0.2, 0) is 0 Å². The molecule has 0 aliphatic rings. The molecule has 2 nitrogen and oxygen atoms in total. The first-order valence-corrected chi connectivity index (χ1v) is 4.07. The van der Waals surface area contributed by atoms with E-state index in [4.69, 9.17) is 5.73 Å². The molecule has 1 atom stereocenters. The quantitative estimate of drug-likeness (QED) is 0.639. The Balaban J connectivity index is 3.60. The van der Waals surface area contributed by atoms with Crippen LogP contribution in [0.2, 0.25) is 0 Å². The van der Waals surface area contributed by atoms with Crippen LogP contribution in [0, 0.1) is 0 Å². The fraction of sp³-hybridized carbons (Fsp3) is 1.00. The van der Waals surface area contributed by atoms with E-state index in [1.165, 1.54) is 0 Å². The Morgan fingerprint density at radius 1 is 1.30 bits per heavy atom. The third-order valence-electron chi connectivity index (χ3n) is 1.66. The predicted octanol–water partition coefficient (Wildman–Crippen LogP) is 1.06. The summed E-state index contributed by atoms with van der Waals surface area (Å²) in [6.07, 6.45) is 0. The fourth-order valence-corrected chi connectivity index (χ4v) is 1.07. The molecule has 0 saturated carbocycles. The maximum atomic E-state index is 5.66. The van der Waals surface area contributed by atoms with Crippen molar-refractivity contribution in [3.63, 3.8) is 0 Å². The number of hydrogen-bond acceptors (Lipinski definition) is 2. The van der Waals surface area contributed by atoms with Gasteiger partial charge in [0.2, 0.25) is 0 Å². The summed E-state index contributed by atoms with van der Waals surface area (Å²) in [5, 5.41) is 0. The molecule has 0 heterocycles. The van der Waals surface area contributed by atoms with Gasteiger partial charge in [-0.1, -0.05) is 6.92 Å². The molecule has 0 fully saturated rings. The second kappa shape index (κ2) is 4.69. The Kier molecular flexibility index (Phi) is 4.65. The van der Waals surface area contributed by atoms with Gasteiger partial charge in [0.1, 0.15) is 0 Å². The maximum absolute atomic E-state index is 5.66. The van der Waals surface area contributed by atoms with Gasteiger partial charge >= 0.3 is 0 Å². The van der Waals surface area contributed by atoms with Crippen LogP contribution < -0.4 is 5.73 Å². The molecule has 0 aromatic heterocycles. The Labute approximate surface area is 64.4 Å². The van der Waals surface area contributed by atoms with Crippen molar-refractivity contribution in [1.82, 2.24) is 4.90 Å². The van der Waals surface area contributed by atoms with Crippen LogP contribution in [0.1, 0.15) is 27.7 Å². The van der Waals surface area contributed by atoms with Crippen molar-refractivity contribution in [1.29, 1.82) is 0 Å². The highest BCUT2D eigenvalue weighted by Crippen LogP contribution is 1.97. The highest BCUT2D eigenvalue weighted by Gasteiger charge is 2.07. The highest BCUT2D eigenvalue weighted by atomic mass is 15.1. The Bertz CT molecular complexity index is 79.3. The standard InChI is InChI=1S/C8H20N2/c1-5-10(7(2)3)6-8(4)9/h7-8H,5-6,9H2,1-4H3. The average Bonchev–Trinajstić information content (AvgIpc) is 1.81. The minimum Gasteiger partial charge on any atom is -0.327 e. The molecule has 0 aromatic rings. The number of rotatable bonds is 4. The van der Waals surface area contributed by atoms with Gasteiger partial charge in [0.15, 0.2) is 0 Å². The third kappa shape index (κ3) is 3.85. The van der Waals surface area contributed by atoms with Gasteiger partial charge < -0.3 is 5.73 Å². The lowest BCUT2D eigenvalue weighted by Crippen LogP contribution is -2.39. The van der Waals surface area contributed by atoms with E-state index in [1.54, 1.807) is 0 Å². The smallest absolute Gasteiger partial charge is 0.0139 e. The lowest BCUT2D eigenvalue weighted by molar-refractivity contribution is 0.223. The van der Waals surface area contributed by atoms with Gasteiger partial charge in [0.05, 0.1) is 0 Å². The SMILES string of the molecule is CCN(CC(C)N)C(C)C. The molecule has 0 aliphatic heterocycles. The number of nitrogens with two attached hydrogens (primary N) is 1. The van der Waals surface area contributed by atoms with Crippen LogP contribution >= 0.6 is 0 Å².